The molecule has 0 fully saturated rings. The highest BCUT2D eigenvalue weighted by Crippen LogP contribution is 2.27. The molecule has 0 spiro atoms. The summed E-state index contributed by atoms with van der Waals surface area (Å²) in [6.45, 7) is 2.07. The van der Waals surface area contributed by atoms with E-state index in [9.17, 15) is 9.18 Å². The van der Waals surface area contributed by atoms with E-state index in [1.165, 1.54) is 36.8 Å². The molecule has 1 aromatic carbocycles. The third kappa shape index (κ3) is 4.65. The van der Waals surface area contributed by atoms with Crippen molar-refractivity contribution >= 4 is 40.3 Å². The number of benzene rings is 1. The number of hydrogen-bond donors (Lipinski definition) is 1. The first kappa shape index (κ1) is 18.2. The van der Waals surface area contributed by atoms with Crippen LogP contribution >= 0.6 is 22.9 Å². The Hall–Kier alpha value is -2.19. The molecule has 24 heavy (non-hydrogen) atoms. The number of anilines is 1. The van der Waals surface area contributed by atoms with Crippen LogP contribution in [0.2, 0.25) is 5.02 Å². The number of esters is 1. The average Bonchev–Trinajstić information content (AvgIpc) is 2.99. The van der Waals surface area contributed by atoms with Gasteiger partial charge < -0.3 is 9.47 Å². The molecule has 2 rings (SSSR count). The largest absolute Gasteiger partial charge is 0.496 e. The van der Waals surface area contributed by atoms with E-state index >= 15 is 0 Å². The highest BCUT2D eigenvalue weighted by Gasteiger charge is 2.11. The van der Waals surface area contributed by atoms with Crippen molar-refractivity contribution in [1.82, 2.24) is 4.98 Å². The summed E-state index contributed by atoms with van der Waals surface area (Å²) < 4.78 is 23.5. The number of hydrazone groups is 1. The summed E-state index contributed by atoms with van der Waals surface area (Å²) in [5.74, 6) is -0.506. The molecule has 128 valence electrons. The molecule has 0 unspecified atom stereocenters. The van der Waals surface area contributed by atoms with Gasteiger partial charge in [0.15, 0.2) is 0 Å². The number of ether oxygens (including phenoxy) is 2. The first-order chi connectivity index (χ1) is 11.5. The molecule has 0 radical (unpaired) electrons. The second-order valence-corrected chi connectivity index (χ2v) is 5.71. The Morgan fingerprint density at radius 1 is 1.54 bits per heavy atom. The molecular weight excluding hydrogens is 357 g/mol. The van der Waals surface area contributed by atoms with E-state index in [1.54, 1.807) is 12.3 Å². The van der Waals surface area contributed by atoms with E-state index < -0.39 is 5.82 Å². The highest BCUT2D eigenvalue weighted by atomic mass is 35.5. The van der Waals surface area contributed by atoms with Gasteiger partial charge in [-0.3, -0.25) is 10.2 Å². The van der Waals surface area contributed by atoms with Gasteiger partial charge in [0, 0.05) is 5.38 Å². The number of carbonyl (C=O) groups is 1. The van der Waals surface area contributed by atoms with Crippen LogP contribution in [0, 0.1) is 5.82 Å². The monoisotopic (exact) mass is 371 g/mol. The van der Waals surface area contributed by atoms with Crippen LogP contribution in [0.3, 0.4) is 0 Å². The average molecular weight is 372 g/mol. The molecule has 0 saturated heterocycles. The molecule has 6 nitrogen and oxygen atoms in total. The summed E-state index contributed by atoms with van der Waals surface area (Å²) in [5, 5.41) is 6.11. The second-order valence-electron chi connectivity index (χ2n) is 4.47. The predicted molar refractivity (Wildman–Crippen MR) is 91.6 cm³/mol. The van der Waals surface area contributed by atoms with Crippen LogP contribution in [-0.2, 0) is 16.0 Å². The van der Waals surface area contributed by atoms with Crippen molar-refractivity contribution in [2.75, 3.05) is 19.1 Å². The van der Waals surface area contributed by atoms with Crippen molar-refractivity contribution in [3.8, 4) is 5.75 Å². The molecule has 0 aliphatic carbocycles. The quantitative estimate of drug-likeness (QED) is 0.458. The maximum atomic E-state index is 13.5. The molecular formula is C15H15ClFN3O3S. The van der Waals surface area contributed by atoms with Gasteiger partial charge in [0.25, 0.3) is 0 Å². The zero-order chi connectivity index (χ0) is 17.5. The van der Waals surface area contributed by atoms with Crippen molar-refractivity contribution in [2.24, 2.45) is 5.10 Å². The molecule has 2 aromatic rings. The van der Waals surface area contributed by atoms with Gasteiger partial charge in [0.2, 0.25) is 5.13 Å². The molecule has 0 aliphatic heterocycles. The number of methoxy groups -OCH3 is 1. The number of halogens is 2. The van der Waals surface area contributed by atoms with E-state index in [-0.39, 0.29) is 17.4 Å². The lowest BCUT2D eigenvalue weighted by atomic mass is 10.2. The minimum absolute atomic E-state index is 0.0814. The first-order valence-electron chi connectivity index (χ1n) is 6.96. The van der Waals surface area contributed by atoms with Gasteiger partial charge in [0.1, 0.15) is 11.6 Å². The summed E-state index contributed by atoms with van der Waals surface area (Å²) in [6, 6.07) is 2.68. The number of nitrogens with zero attached hydrogens (tertiary/aromatic N) is 2. The van der Waals surface area contributed by atoms with Crippen LogP contribution in [0.1, 0.15) is 18.2 Å². The van der Waals surface area contributed by atoms with Crippen molar-refractivity contribution in [1.29, 1.82) is 0 Å². The van der Waals surface area contributed by atoms with Crippen molar-refractivity contribution in [3.05, 3.63) is 39.6 Å². The highest BCUT2D eigenvalue weighted by molar-refractivity contribution is 7.13. The predicted octanol–water partition coefficient (Wildman–Crippen LogP) is 3.50. The SMILES string of the molecule is CCOC(=O)Cc1csc(NN=Cc2c(OC)ccc(F)c2Cl)n1. The number of rotatable bonds is 7. The first-order valence-corrected chi connectivity index (χ1v) is 8.22. The molecule has 1 heterocycles. The summed E-state index contributed by atoms with van der Waals surface area (Å²) in [4.78, 5) is 15.6. The molecule has 1 N–H and O–H groups in total. The Bertz CT molecular complexity index is 752. The lowest BCUT2D eigenvalue weighted by Crippen LogP contribution is -2.07. The van der Waals surface area contributed by atoms with Crippen LogP contribution in [0.4, 0.5) is 9.52 Å². The fraction of sp³-hybridized carbons (Fsp3) is 0.267. The Morgan fingerprint density at radius 2 is 2.33 bits per heavy atom. The summed E-state index contributed by atoms with van der Waals surface area (Å²) >= 11 is 7.19. The van der Waals surface area contributed by atoms with Crippen LogP contribution in [0.15, 0.2) is 22.6 Å². The number of aromatic nitrogens is 1. The van der Waals surface area contributed by atoms with Gasteiger partial charge in [-0.2, -0.15) is 5.10 Å². The van der Waals surface area contributed by atoms with Crippen LogP contribution in [0.5, 0.6) is 5.75 Å². The third-order valence-corrected chi connectivity index (χ3v) is 4.03. The zero-order valence-electron chi connectivity index (χ0n) is 13.0. The van der Waals surface area contributed by atoms with Crippen LogP contribution in [0.25, 0.3) is 0 Å². The Kier molecular flexibility index (Phi) is 6.51. The number of nitrogens with one attached hydrogen (secondary N) is 1. The molecule has 0 aliphatic rings. The second kappa shape index (κ2) is 8.60. The fourth-order valence-corrected chi connectivity index (χ4v) is 2.66. The van der Waals surface area contributed by atoms with E-state index in [1.807, 2.05) is 0 Å². The molecule has 9 heteroatoms. The smallest absolute Gasteiger partial charge is 0.311 e. The van der Waals surface area contributed by atoms with Gasteiger partial charge in [0.05, 0.1) is 42.6 Å². The molecule has 1 aromatic heterocycles. The van der Waals surface area contributed by atoms with Gasteiger partial charge in [-0.25, -0.2) is 9.37 Å². The van der Waals surface area contributed by atoms with Gasteiger partial charge in [-0.05, 0) is 19.1 Å². The summed E-state index contributed by atoms with van der Waals surface area (Å²) in [7, 11) is 1.46. The molecule has 0 amide bonds. The van der Waals surface area contributed by atoms with E-state index in [4.69, 9.17) is 21.1 Å². The van der Waals surface area contributed by atoms with Gasteiger partial charge in [-0.1, -0.05) is 11.6 Å². The minimum Gasteiger partial charge on any atom is -0.496 e. The van der Waals surface area contributed by atoms with Crippen molar-refractivity contribution in [2.45, 2.75) is 13.3 Å². The Balaban J connectivity index is 2.04. The Labute approximate surface area is 147 Å². The number of thiazole rings is 1. The lowest BCUT2D eigenvalue weighted by molar-refractivity contribution is -0.142. The van der Waals surface area contributed by atoms with Gasteiger partial charge >= 0.3 is 5.97 Å². The van der Waals surface area contributed by atoms with E-state index in [0.29, 0.717) is 28.7 Å². The maximum Gasteiger partial charge on any atom is 0.311 e. The van der Waals surface area contributed by atoms with Crippen molar-refractivity contribution in [3.63, 3.8) is 0 Å². The fourth-order valence-electron chi connectivity index (χ4n) is 1.80. The molecule has 0 saturated carbocycles. The normalized spacial score (nSPS) is 10.8. The molecule has 0 bridgehead atoms. The minimum atomic E-state index is -0.565. The third-order valence-electron chi connectivity index (χ3n) is 2.85. The van der Waals surface area contributed by atoms with E-state index in [2.05, 4.69) is 15.5 Å². The van der Waals surface area contributed by atoms with E-state index in [0.717, 1.165) is 0 Å². The van der Waals surface area contributed by atoms with Crippen molar-refractivity contribution < 1.29 is 18.7 Å². The van der Waals surface area contributed by atoms with Crippen LogP contribution < -0.4 is 10.2 Å². The number of carbonyl (C=O) groups excluding carboxylic acids is 1. The Morgan fingerprint density at radius 3 is 3.04 bits per heavy atom. The van der Waals surface area contributed by atoms with Gasteiger partial charge in [-0.15, -0.1) is 11.3 Å². The number of hydrogen-bond acceptors (Lipinski definition) is 7. The summed E-state index contributed by atoms with van der Waals surface area (Å²) in [5.41, 5.74) is 3.60. The topological polar surface area (TPSA) is 72.8 Å². The summed E-state index contributed by atoms with van der Waals surface area (Å²) in [6.07, 6.45) is 1.44. The standard InChI is InChI=1S/C15H15ClFN3O3S/c1-3-23-13(21)6-9-8-24-15(19-9)20-18-7-10-12(22-2)5-4-11(17)14(10)16/h4-5,7-8H,3,6H2,1-2H3,(H,19,20). The maximum absolute atomic E-state index is 13.5. The lowest BCUT2D eigenvalue weighted by Gasteiger charge is -2.06. The van der Waals surface area contributed by atoms with Crippen LogP contribution in [-0.4, -0.2) is 30.9 Å². The molecule has 0 atom stereocenters. The zero-order valence-corrected chi connectivity index (χ0v) is 14.6.